The van der Waals surface area contributed by atoms with Gasteiger partial charge in [0.15, 0.2) is 0 Å². The first-order valence-corrected chi connectivity index (χ1v) is 4.86. The maximum absolute atomic E-state index is 3.35. The second-order valence-corrected chi connectivity index (χ2v) is 3.26. The summed E-state index contributed by atoms with van der Waals surface area (Å²) in [5.74, 6) is 0. The summed E-state index contributed by atoms with van der Waals surface area (Å²) in [5.41, 5.74) is 0. The number of hydrogen-bond donors (Lipinski definition) is 1. The highest BCUT2D eigenvalue weighted by Gasteiger charge is 2.07. The van der Waals surface area contributed by atoms with E-state index in [1.807, 2.05) is 0 Å². The van der Waals surface area contributed by atoms with Gasteiger partial charge in [-0.3, -0.25) is 0 Å². The molecule has 2 heteroatoms. The standard InChI is InChI=1S/C9H20N2/c1-2-10-6-9-11-7-4-3-5-8-11/h10H,2-9H2,1H3. The van der Waals surface area contributed by atoms with Crippen molar-refractivity contribution in [1.82, 2.24) is 10.2 Å². The molecule has 1 aliphatic rings. The predicted octanol–water partition coefficient (Wildman–Crippen LogP) is 1.08. The molecule has 1 fully saturated rings. The molecule has 1 rings (SSSR count). The number of likely N-dealkylation sites (tertiary alicyclic amines) is 1. The van der Waals surface area contributed by atoms with Crippen LogP contribution in [0, 0.1) is 0 Å². The zero-order valence-corrected chi connectivity index (χ0v) is 7.60. The third kappa shape index (κ3) is 3.73. The Balaban J connectivity index is 1.96. The molecule has 0 aromatic carbocycles. The molecule has 0 saturated carbocycles. The molecular weight excluding hydrogens is 136 g/mol. The second-order valence-electron chi connectivity index (χ2n) is 3.26. The molecule has 1 N–H and O–H groups in total. The number of rotatable bonds is 4. The van der Waals surface area contributed by atoms with Gasteiger partial charge in [0.25, 0.3) is 0 Å². The highest BCUT2D eigenvalue weighted by Crippen LogP contribution is 2.06. The topological polar surface area (TPSA) is 15.3 Å². The van der Waals surface area contributed by atoms with Crippen LogP contribution in [0.1, 0.15) is 26.2 Å². The minimum atomic E-state index is 1.10. The second kappa shape index (κ2) is 5.56. The monoisotopic (exact) mass is 156 g/mol. The normalized spacial score (nSPS) is 20.5. The molecule has 0 aromatic heterocycles. The van der Waals surface area contributed by atoms with Crippen LogP contribution in [0.5, 0.6) is 0 Å². The Morgan fingerprint density at radius 3 is 2.55 bits per heavy atom. The summed E-state index contributed by atoms with van der Waals surface area (Å²) in [6, 6.07) is 0. The Labute approximate surface area is 70.0 Å². The first kappa shape index (κ1) is 9.01. The molecule has 0 atom stereocenters. The van der Waals surface area contributed by atoms with Crippen molar-refractivity contribution in [2.45, 2.75) is 26.2 Å². The van der Waals surface area contributed by atoms with Crippen molar-refractivity contribution in [3.63, 3.8) is 0 Å². The van der Waals surface area contributed by atoms with E-state index >= 15 is 0 Å². The summed E-state index contributed by atoms with van der Waals surface area (Å²) in [7, 11) is 0. The van der Waals surface area contributed by atoms with Gasteiger partial charge >= 0.3 is 0 Å². The smallest absolute Gasteiger partial charge is 0.0107 e. The molecule has 11 heavy (non-hydrogen) atoms. The molecule has 2 nitrogen and oxygen atoms in total. The van der Waals surface area contributed by atoms with Gasteiger partial charge in [-0.25, -0.2) is 0 Å². The van der Waals surface area contributed by atoms with E-state index in [-0.39, 0.29) is 0 Å². The fraction of sp³-hybridized carbons (Fsp3) is 1.00. The van der Waals surface area contributed by atoms with Gasteiger partial charge in [-0.05, 0) is 32.5 Å². The molecule has 0 amide bonds. The molecular formula is C9H20N2. The van der Waals surface area contributed by atoms with Gasteiger partial charge in [0.1, 0.15) is 0 Å². The Morgan fingerprint density at radius 1 is 1.18 bits per heavy atom. The lowest BCUT2D eigenvalue weighted by Gasteiger charge is -2.26. The van der Waals surface area contributed by atoms with Crippen LogP contribution < -0.4 is 5.32 Å². The van der Waals surface area contributed by atoms with E-state index in [1.165, 1.54) is 38.9 Å². The van der Waals surface area contributed by atoms with Gasteiger partial charge in [-0.1, -0.05) is 13.3 Å². The zero-order valence-electron chi connectivity index (χ0n) is 7.60. The van der Waals surface area contributed by atoms with E-state index in [2.05, 4.69) is 17.1 Å². The molecule has 0 spiro atoms. The van der Waals surface area contributed by atoms with Crippen molar-refractivity contribution >= 4 is 0 Å². The highest BCUT2D eigenvalue weighted by atomic mass is 15.1. The van der Waals surface area contributed by atoms with Gasteiger partial charge in [-0.2, -0.15) is 0 Å². The number of nitrogens with one attached hydrogen (secondary N) is 1. The fourth-order valence-electron chi connectivity index (χ4n) is 1.60. The highest BCUT2D eigenvalue weighted by molar-refractivity contribution is 4.64. The van der Waals surface area contributed by atoms with Crippen molar-refractivity contribution in [2.75, 3.05) is 32.7 Å². The fourth-order valence-corrected chi connectivity index (χ4v) is 1.60. The van der Waals surface area contributed by atoms with Gasteiger partial charge in [-0.15, -0.1) is 0 Å². The van der Waals surface area contributed by atoms with E-state index in [0.717, 1.165) is 13.1 Å². The molecule has 0 unspecified atom stereocenters. The van der Waals surface area contributed by atoms with E-state index in [4.69, 9.17) is 0 Å². The van der Waals surface area contributed by atoms with Crippen LogP contribution in [-0.2, 0) is 0 Å². The number of hydrogen-bond acceptors (Lipinski definition) is 2. The summed E-state index contributed by atoms with van der Waals surface area (Å²) in [6.07, 6.45) is 4.26. The molecule has 1 aliphatic heterocycles. The van der Waals surface area contributed by atoms with Crippen LogP contribution in [0.3, 0.4) is 0 Å². The maximum Gasteiger partial charge on any atom is 0.0107 e. The first-order valence-electron chi connectivity index (χ1n) is 4.86. The average molecular weight is 156 g/mol. The SMILES string of the molecule is CCNCCN1CCCCC1. The minimum absolute atomic E-state index is 1.10. The van der Waals surface area contributed by atoms with Gasteiger partial charge < -0.3 is 10.2 Å². The Bertz CT molecular complexity index is 87.6. The van der Waals surface area contributed by atoms with E-state index < -0.39 is 0 Å². The average Bonchev–Trinajstić information content (AvgIpc) is 2.07. The summed E-state index contributed by atoms with van der Waals surface area (Å²) in [5, 5.41) is 3.35. The molecule has 0 radical (unpaired) electrons. The summed E-state index contributed by atoms with van der Waals surface area (Å²) in [6.45, 7) is 8.32. The summed E-state index contributed by atoms with van der Waals surface area (Å²) < 4.78 is 0. The molecule has 1 heterocycles. The van der Waals surface area contributed by atoms with Crippen LogP contribution in [0.25, 0.3) is 0 Å². The summed E-state index contributed by atoms with van der Waals surface area (Å²) in [4.78, 5) is 2.56. The lowest BCUT2D eigenvalue weighted by atomic mass is 10.1. The van der Waals surface area contributed by atoms with Crippen molar-refractivity contribution in [3.8, 4) is 0 Å². The van der Waals surface area contributed by atoms with Gasteiger partial charge in [0.05, 0.1) is 0 Å². The molecule has 0 bridgehead atoms. The summed E-state index contributed by atoms with van der Waals surface area (Å²) >= 11 is 0. The lowest BCUT2D eigenvalue weighted by Crippen LogP contribution is -2.35. The number of piperidine rings is 1. The van der Waals surface area contributed by atoms with E-state index in [9.17, 15) is 0 Å². The Morgan fingerprint density at radius 2 is 1.91 bits per heavy atom. The van der Waals surface area contributed by atoms with Gasteiger partial charge in [0.2, 0.25) is 0 Å². The number of nitrogens with zero attached hydrogens (tertiary/aromatic N) is 1. The van der Waals surface area contributed by atoms with Crippen molar-refractivity contribution in [2.24, 2.45) is 0 Å². The third-order valence-corrected chi connectivity index (χ3v) is 2.30. The van der Waals surface area contributed by atoms with Crippen LogP contribution >= 0.6 is 0 Å². The minimum Gasteiger partial charge on any atom is -0.316 e. The molecule has 66 valence electrons. The van der Waals surface area contributed by atoms with Crippen molar-refractivity contribution in [3.05, 3.63) is 0 Å². The zero-order chi connectivity index (χ0) is 7.94. The van der Waals surface area contributed by atoms with Crippen molar-refractivity contribution < 1.29 is 0 Å². The van der Waals surface area contributed by atoms with E-state index in [0.29, 0.717) is 0 Å². The predicted molar refractivity (Wildman–Crippen MR) is 48.8 cm³/mol. The third-order valence-electron chi connectivity index (χ3n) is 2.30. The Hall–Kier alpha value is -0.0800. The van der Waals surface area contributed by atoms with E-state index in [1.54, 1.807) is 0 Å². The van der Waals surface area contributed by atoms with Crippen LogP contribution in [0.2, 0.25) is 0 Å². The van der Waals surface area contributed by atoms with Crippen LogP contribution in [-0.4, -0.2) is 37.6 Å². The maximum atomic E-state index is 3.35. The Kier molecular flexibility index (Phi) is 4.55. The lowest BCUT2D eigenvalue weighted by molar-refractivity contribution is 0.229. The molecule has 0 aromatic rings. The quantitative estimate of drug-likeness (QED) is 0.613. The van der Waals surface area contributed by atoms with Crippen molar-refractivity contribution in [1.29, 1.82) is 0 Å². The van der Waals surface area contributed by atoms with Gasteiger partial charge in [0, 0.05) is 13.1 Å². The number of likely N-dealkylation sites (N-methyl/N-ethyl adjacent to an activating group) is 1. The van der Waals surface area contributed by atoms with Crippen LogP contribution in [0.15, 0.2) is 0 Å². The first-order chi connectivity index (χ1) is 5.43. The molecule has 1 saturated heterocycles. The van der Waals surface area contributed by atoms with Crippen LogP contribution in [0.4, 0.5) is 0 Å². The largest absolute Gasteiger partial charge is 0.316 e. The molecule has 0 aliphatic carbocycles.